The number of para-hydroxylation sites is 1. The number of rotatable bonds is 6. The van der Waals surface area contributed by atoms with Gasteiger partial charge in [-0.25, -0.2) is 4.98 Å². The Kier molecular flexibility index (Phi) is 6.44. The summed E-state index contributed by atoms with van der Waals surface area (Å²) in [5.41, 5.74) is 2.97. The first-order valence-electron chi connectivity index (χ1n) is 12.1. The molecular weight excluding hydrogens is 412 g/mol. The third-order valence-electron chi connectivity index (χ3n) is 6.64. The van der Waals surface area contributed by atoms with Crippen LogP contribution in [0.1, 0.15) is 35.7 Å². The van der Waals surface area contributed by atoms with Crippen LogP contribution >= 0.6 is 0 Å². The molecule has 2 saturated heterocycles. The highest BCUT2D eigenvalue weighted by molar-refractivity contribution is 6.02. The highest BCUT2D eigenvalue weighted by atomic mass is 16.5. The van der Waals surface area contributed by atoms with E-state index in [9.17, 15) is 4.79 Å². The van der Waals surface area contributed by atoms with Crippen molar-refractivity contribution in [3.63, 3.8) is 0 Å². The van der Waals surface area contributed by atoms with Crippen LogP contribution in [-0.2, 0) is 6.54 Å². The van der Waals surface area contributed by atoms with Crippen LogP contribution in [0.2, 0.25) is 0 Å². The van der Waals surface area contributed by atoms with E-state index < -0.39 is 0 Å². The Hall–Kier alpha value is -3.12. The number of benzene rings is 2. The molecule has 6 nitrogen and oxygen atoms in total. The minimum absolute atomic E-state index is 0.107. The van der Waals surface area contributed by atoms with Gasteiger partial charge in [0, 0.05) is 51.2 Å². The number of hydrogen-bond acceptors (Lipinski definition) is 5. The van der Waals surface area contributed by atoms with Crippen LogP contribution in [0.3, 0.4) is 0 Å². The first-order chi connectivity index (χ1) is 16.2. The molecule has 0 saturated carbocycles. The van der Waals surface area contributed by atoms with Crippen molar-refractivity contribution in [2.24, 2.45) is 0 Å². The summed E-state index contributed by atoms with van der Waals surface area (Å²) in [5.74, 6) is 1.87. The van der Waals surface area contributed by atoms with Gasteiger partial charge in [-0.1, -0.05) is 30.3 Å². The Bertz CT molecular complexity index is 1100. The van der Waals surface area contributed by atoms with Crippen LogP contribution in [0, 0.1) is 0 Å². The van der Waals surface area contributed by atoms with Gasteiger partial charge < -0.3 is 14.5 Å². The van der Waals surface area contributed by atoms with Crippen LogP contribution in [0.15, 0.2) is 54.6 Å². The maximum absolute atomic E-state index is 13.6. The largest absolute Gasteiger partial charge is 0.494 e. The van der Waals surface area contributed by atoms with Crippen molar-refractivity contribution < 1.29 is 9.53 Å². The fourth-order valence-corrected chi connectivity index (χ4v) is 4.83. The van der Waals surface area contributed by atoms with Crippen molar-refractivity contribution in [2.45, 2.75) is 26.3 Å². The first kappa shape index (κ1) is 21.7. The van der Waals surface area contributed by atoms with E-state index >= 15 is 0 Å². The van der Waals surface area contributed by atoms with Crippen LogP contribution in [-0.4, -0.2) is 66.6 Å². The second-order valence-electron chi connectivity index (χ2n) is 8.89. The topological polar surface area (TPSA) is 48.9 Å². The van der Waals surface area contributed by atoms with E-state index in [4.69, 9.17) is 9.72 Å². The molecule has 0 atom stereocenters. The Morgan fingerprint density at radius 1 is 0.939 bits per heavy atom. The number of fused-ring (bicyclic) bond motifs is 1. The molecule has 2 aliphatic heterocycles. The number of amides is 1. The molecule has 33 heavy (non-hydrogen) atoms. The quantitative estimate of drug-likeness (QED) is 0.571. The molecular formula is C27H32N4O2. The second kappa shape index (κ2) is 9.79. The third kappa shape index (κ3) is 4.81. The zero-order valence-electron chi connectivity index (χ0n) is 19.4. The minimum atomic E-state index is 0.107. The second-order valence-corrected chi connectivity index (χ2v) is 8.89. The van der Waals surface area contributed by atoms with E-state index in [1.165, 1.54) is 5.56 Å². The number of aromatic nitrogens is 1. The summed E-state index contributed by atoms with van der Waals surface area (Å²) < 4.78 is 5.54. The molecule has 1 amide bonds. The van der Waals surface area contributed by atoms with E-state index in [-0.39, 0.29) is 5.91 Å². The van der Waals surface area contributed by atoms with Crippen molar-refractivity contribution in [1.29, 1.82) is 0 Å². The molecule has 0 bridgehead atoms. The molecule has 0 spiro atoms. The normalized spacial score (nSPS) is 17.0. The maximum atomic E-state index is 13.6. The third-order valence-corrected chi connectivity index (χ3v) is 6.64. The van der Waals surface area contributed by atoms with E-state index in [0.717, 1.165) is 86.7 Å². The Balaban J connectivity index is 1.28. The lowest BCUT2D eigenvalue weighted by molar-refractivity contribution is 0.0629. The maximum Gasteiger partial charge on any atom is 0.257 e. The molecule has 0 unspecified atom stereocenters. The lowest BCUT2D eigenvalue weighted by atomic mass is 10.1. The molecule has 6 heteroatoms. The van der Waals surface area contributed by atoms with Crippen LogP contribution < -0.4 is 9.64 Å². The average Bonchev–Trinajstić information content (AvgIpc) is 3.40. The van der Waals surface area contributed by atoms with Gasteiger partial charge >= 0.3 is 0 Å². The highest BCUT2D eigenvalue weighted by Crippen LogP contribution is 2.28. The number of carbonyl (C=O) groups is 1. The number of ether oxygens (including phenoxy) is 1. The predicted octanol–water partition coefficient (Wildman–Crippen LogP) is 4.19. The van der Waals surface area contributed by atoms with Crippen LogP contribution in [0.25, 0.3) is 10.9 Å². The van der Waals surface area contributed by atoms with E-state index in [1.807, 2.05) is 54.3 Å². The van der Waals surface area contributed by atoms with Gasteiger partial charge in [0.15, 0.2) is 0 Å². The van der Waals surface area contributed by atoms with Gasteiger partial charge in [-0.15, -0.1) is 0 Å². The molecule has 0 aliphatic carbocycles. The molecule has 172 valence electrons. The lowest BCUT2D eigenvalue weighted by Gasteiger charge is -2.35. The van der Waals surface area contributed by atoms with E-state index in [1.54, 1.807) is 0 Å². The summed E-state index contributed by atoms with van der Waals surface area (Å²) in [6.45, 7) is 8.74. The van der Waals surface area contributed by atoms with Gasteiger partial charge in [-0.05, 0) is 49.6 Å². The summed E-state index contributed by atoms with van der Waals surface area (Å²) in [7, 11) is 0. The van der Waals surface area contributed by atoms with Crippen molar-refractivity contribution >= 4 is 22.6 Å². The molecule has 0 radical (unpaired) electrons. The number of hydrogen-bond donors (Lipinski definition) is 0. The highest BCUT2D eigenvalue weighted by Gasteiger charge is 2.27. The summed E-state index contributed by atoms with van der Waals surface area (Å²) in [4.78, 5) is 25.2. The zero-order chi connectivity index (χ0) is 22.6. The predicted molar refractivity (Wildman–Crippen MR) is 132 cm³/mol. The molecule has 2 aliphatic rings. The first-order valence-corrected chi connectivity index (χ1v) is 12.1. The molecule has 2 fully saturated rings. The summed E-state index contributed by atoms with van der Waals surface area (Å²) in [5, 5.41) is 1.03. The molecule has 5 rings (SSSR count). The smallest absolute Gasteiger partial charge is 0.257 e. The van der Waals surface area contributed by atoms with Gasteiger partial charge in [0.05, 0.1) is 17.7 Å². The molecule has 0 N–H and O–H groups in total. The average molecular weight is 445 g/mol. The van der Waals surface area contributed by atoms with Gasteiger partial charge in [-0.3, -0.25) is 9.69 Å². The number of carbonyl (C=O) groups excluding carboxylic acids is 1. The molecule has 3 aromatic rings. The number of piperazine rings is 1. The summed E-state index contributed by atoms with van der Waals surface area (Å²) >= 11 is 0. The monoisotopic (exact) mass is 444 g/mol. The van der Waals surface area contributed by atoms with E-state index in [2.05, 4.69) is 21.9 Å². The fraction of sp³-hybridized carbons (Fsp3) is 0.407. The summed E-state index contributed by atoms with van der Waals surface area (Å²) in [6, 6.07) is 18.5. The number of nitrogens with zero attached hydrogens (tertiary/aromatic N) is 4. The zero-order valence-corrected chi connectivity index (χ0v) is 19.4. The Morgan fingerprint density at radius 2 is 1.67 bits per heavy atom. The Labute approximate surface area is 195 Å². The van der Waals surface area contributed by atoms with Gasteiger partial charge in [0.1, 0.15) is 11.6 Å². The lowest BCUT2D eigenvalue weighted by Crippen LogP contribution is -2.48. The standard InChI is InChI=1S/C27H32N4O2/c1-2-33-23-11-9-21(10-12-23)20-29-15-17-31(18-16-29)27(32)24-19-22-7-3-4-8-25(22)28-26(24)30-13-5-6-14-30/h3-4,7-12,19H,2,5-6,13-18,20H2,1H3. The Morgan fingerprint density at radius 3 is 2.39 bits per heavy atom. The van der Waals surface area contributed by atoms with Crippen LogP contribution in [0.5, 0.6) is 5.75 Å². The van der Waals surface area contributed by atoms with Crippen molar-refractivity contribution in [3.05, 3.63) is 65.7 Å². The van der Waals surface area contributed by atoms with E-state index in [0.29, 0.717) is 6.61 Å². The van der Waals surface area contributed by atoms with Gasteiger partial charge in [0.2, 0.25) is 0 Å². The molecule has 1 aromatic heterocycles. The number of anilines is 1. The SMILES string of the molecule is CCOc1ccc(CN2CCN(C(=O)c3cc4ccccc4nc3N3CCCC3)CC2)cc1. The number of pyridine rings is 1. The van der Waals surface area contributed by atoms with Crippen molar-refractivity contribution in [3.8, 4) is 5.75 Å². The van der Waals surface area contributed by atoms with Gasteiger partial charge in [-0.2, -0.15) is 0 Å². The summed E-state index contributed by atoms with van der Waals surface area (Å²) in [6.07, 6.45) is 2.32. The molecule has 3 heterocycles. The van der Waals surface area contributed by atoms with Crippen LogP contribution in [0.4, 0.5) is 5.82 Å². The van der Waals surface area contributed by atoms with Crippen molar-refractivity contribution in [2.75, 3.05) is 50.8 Å². The molecule has 2 aromatic carbocycles. The fourth-order valence-electron chi connectivity index (χ4n) is 4.83. The van der Waals surface area contributed by atoms with Crippen molar-refractivity contribution in [1.82, 2.24) is 14.8 Å². The van der Waals surface area contributed by atoms with Gasteiger partial charge in [0.25, 0.3) is 5.91 Å². The minimum Gasteiger partial charge on any atom is -0.494 e.